The van der Waals surface area contributed by atoms with Crippen LogP contribution in [0.2, 0.25) is 0 Å². The molecule has 1 N–H and O–H groups in total. The molecule has 2 aromatic rings. The molecule has 2 rings (SSSR count). The lowest BCUT2D eigenvalue weighted by Gasteiger charge is -2.05. The normalized spacial score (nSPS) is 10.7. The highest BCUT2D eigenvalue weighted by Crippen LogP contribution is 2.16. The van der Waals surface area contributed by atoms with E-state index in [0.717, 1.165) is 17.7 Å². The lowest BCUT2D eigenvalue weighted by atomic mass is 10.2. The van der Waals surface area contributed by atoms with Crippen LogP contribution in [0.15, 0.2) is 53.4 Å². The first kappa shape index (κ1) is 14.3. The lowest BCUT2D eigenvalue weighted by Crippen LogP contribution is -2.19. The number of sulfonamides is 1. The Morgan fingerprint density at radius 1 is 1.05 bits per heavy atom. The van der Waals surface area contributed by atoms with E-state index in [0.29, 0.717) is 0 Å². The molecule has 0 fully saturated rings. The van der Waals surface area contributed by atoms with Crippen LogP contribution in [0.25, 0.3) is 0 Å². The second-order valence-corrected chi connectivity index (χ2v) is 5.82. The molecule has 0 aliphatic heterocycles. The molecule has 0 radical (unpaired) electrons. The Labute approximate surface area is 117 Å². The lowest BCUT2D eigenvalue weighted by molar-refractivity contribution is 0.587. The Bertz CT molecular complexity index is 775. The molecule has 102 valence electrons. The fraction of sp³-hybridized carbons (Fsp3) is 0.0667. The monoisotopic (exact) mass is 289 g/mol. The van der Waals surface area contributed by atoms with Gasteiger partial charge in [0.1, 0.15) is 5.82 Å². The van der Waals surface area contributed by atoms with Crippen LogP contribution in [0, 0.1) is 17.7 Å². The molecule has 0 aliphatic rings. The summed E-state index contributed by atoms with van der Waals surface area (Å²) in [6.07, 6.45) is 0. The van der Waals surface area contributed by atoms with Gasteiger partial charge in [-0.2, -0.15) is 0 Å². The maximum atomic E-state index is 13.3. The van der Waals surface area contributed by atoms with Crippen molar-refractivity contribution < 1.29 is 12.8 Å². The van der Waals surface area contributed by atoms with Crippen LogP contribution in [0.3, 0.4) is 0 Å². The number of nitrogens with one attached hydrogen (secondary N) is 1. The van der Waals surface area contributed by atoms with E-state index in [9.17, 15) is 12.8 Å². The first-order valence-corrected chi connectivity index (χ1v) is 7.31. The predicted octanol–water partition coefficient (Wildman–Crippen LogP) is 2.13. The number of rotatable bonds is 2. The summed E-state index contributed by atoms with van der Waals surface area (Å²) in [4.78, 5) is -0.0372. The molecule has 0 spiro atoms. The zero-order valence-corrected chi connectivity index (χ0v) is 11.5. The van der Waals surface area contributed by atoms with Crippen molar-refractivity contribution in [3.63, 3.8) is 0 Å². The van der Waals surface area contributed by atoms with Gasteiger partial charge in [0.25, 0.3) is 0 Å². The molecule has 0 aliphatic carbocycles. The maximum absolute atomic E-state index is 13.3. The van der Waals surface area contributed by atoms with Crippen LogP contribution in [-0.2, 0) is 10.0 Å². The fourth-order valence-electron chi connectivity index (χ4n) is 1.61. The topological polar surface area (TPSA) is 46.2 Å². The zero-order chi connectivity index (χ0) is 14.6. The summed E-state index contributed by atoms with van der Waals surface area (Å²) in [5, 5.41) is 0. The zero-order valence-electron chi connectivity index (χ0n) is 10.7. The fourth-order valence-corrected chi connectivity index (χ4v) is 2.47. The van der Waals surface area contributed by atoms with Crippen molar-refractivity contribution >= 4 is 10.0 Å². The van der Waals surface area contributed by atoms with Gasteiger partial charge in [-0.25, -0.2) is 17.5 Å². The van der Waals surface area contributed by atoms with Crippen LogP contribution in [0.1, 0.15) is 11.1 Å². The standard InChI is InChI=1S/C15H12FNO2S/c1-17-20(18,19)15-10-9-14(16)11-13(15)8-7-12-5-3-2-4-6-12/h2-6,9-11,17H,1H3. The molecule has 0 aromatic heterocycles. The van der Waals surface area contributed by atoms with Crippen molar-refractivity contribution in [2.24, 2.45) is 0 Å². The van der Waals surface area contributed by atoms with Gasteiger partial charge in [-0.05, 0) is 37.4 Å². The van der Waals surface area contributed by atoms with Gasteiger partial charge < -0.3 is 0 Å². The molecule has 3 nitrogen and oxygen atoms in total. The molecule has 0 amide bonds. The highest BCUT2D eigenvalue weighted by atomic mass is 32.2. The van der Waals surface area contributed by atoms with Gasteiger partial charge in [0.15, 0.2) is 0 Å². The molecule has 0 heterocycles. The second kappa shape index (κ2) is 5.87. The predicted molar refractivity (Wildman–Crippen MR) is 75.1 cm³/mol. The van der Waals surface area contributed by atoms with E-state index in [4.69, 9.17) is 0 Å². The molecule has 0 bridgehead atoms. The van der Waals surface area contributed by atoms with Crippen LogP contribution in [-0.4, -0.2) is 15.5 Å². The average molecular weight is 289 g/mol. The van der Waals surface area contributed by atoms with Crippen molar-refractivity contribution in [1.82, 2.24) is 4.72 Å². The van der Waals surface area contributed by atoms with Crippen molar-refractivity contribution in [2.75, 3.05) is 7.05 Å². The Morgan fingerprint density at radius 2 is 1.75 bits per heavy atom. The third kappa shape index (κ3) is 3.23. The molecule has 0 saturated carbocycles. The molecule has 5 heteroatoms. The van der Waals surface area contributed by atoms with Crippen molar-refractivity contribution in [2.45, 2.75) is 4.90 Å². The van der Waals surface area contributed by atoms with Crippen LogP contribution < -0.4 is 4.72 Å². The first-order valence-electron chi connectivity index (χ1n) is 5.83. The number of hydrogen-bond acceptors (Lipinski definition) is 2. The number of hydrogen-bond donors (Lipinski definition) is 1. The highest BCUT2D eigenvalue weighted by molar-refractivity contribution is 7.89. The first-order chi connectivity index (χ1) is 9.53. The summed E-state index contributed by atoms with van der Waals surface area (Å²) in [6.45, 7) is 0. The second-order valence-electron chi connectivity index (χ2n) is 3.96. The van der Waals surface area contributed by atoms with E-state index >= 15 is 0 Å². The van der Waals surface area contributed by atoms with Crippen molar-refractivity contribution in [3.05, 3.63) is 65.5 Å². The Morgan fingerprint density at radius 3 is 2.40 bits per heavy atom. The van der Waals surface area contributed by atoms with Crippen molar-refractivity contribution in [1.29, 1.82) is 0 Å². The van der Waals surface area contributed by atoms with Crippen LogP contribution in [0.5, 0.6) is 0 Å². The minimum absolute atomic E-state index is 0.0372. The summed E-state index contributed by atoms with van der Waals surface area (Å²) >= 11 is 0. The van der Waals surface area contributed by atoms with E-state index in [1.165, 1.54) is 13.1 Å². The summed E-state index contributed by atoms with van der Waals surface area (Å²) in [7, 11) is -2.37. The summed E-state index contributed by atoms with van der Waals surface area (Å²) in [6, 6.07) is 12.5. The van der Waals surface area contributed by atoms with Gasteiger partial charge in [0, 0.05) is 11.1 Å². The van der Waals surface area contributed by atoms with Gasteiger partial charge in [0.2, 0.25) is 10.0 Å². The van der Waals surface area contributed by atoms with E-state index < -0.39 is 15.8 Å². The van der Waals surface area contributed by atoms with Gasteiger partial charge in [-0.3, -0.25) is 0 Å². The van der Waals surface area contributed by atoms with E-state index in [2.05, 4.69) is 16.6 Å². The molecular formula is C15H12FNO2S. The minimum atomic E-state index is -3.67. The van der Waals surface area contributed by atoms with Gasteiger partial charge >= 0.3 is 0 Å². The van der Waals surface area contributed by atoms with E-state index in [1.807, 2.05) is 18.2 Å². The van der Waals surface area contributed by atoms with Crippen molar-refractivity contribution in [3.8, 4) is 11.8 Å². The third-order valence-electron chi connectivity index (χ3n) is 2.62. The highest BCUT2D eigenvalue weighted by Gasteiger charge is 2.16. The molecule has 2 aromatic carbocycles. The Kier molecular flexibility index (Phi) is 4.18. The smallest absolute Gasteiger partial charge is 0.214 e. The third-order valence-corrected chi connectivity index (χ3v) is 4.09. The molecule has 0 saturated heterocycles. The SMILES string of the molecule is CNS(=O)(=O)c1ccc(F)cc1C#Cc1ccccc1. The summed E-state index contributed by atoms with van der Waals surface area (Å²) in [5.74, 6) is 4.99. The molecule has 0 unspecified atom stereocenters. The maximum Gasteiger partial charge on any atom is 0.241 e. The van der Waals surface area contributed by atoms with Gasteiger partial charge in [-0.1, -0.05) is 30.0 Å². The minimum Gasteiger partial charge on any atom is -0.214 e. The average Bonchev–Trinajstić information content (AvgIpc) is 2.46. The van der Waals surface area contributed by atoms with Gasteiger partial charge in [-0.15, -0.1) is 0 Å². The quantitative estimate of drug-likeness (QED) is 0.861. The number of halogens is 1. The Balaban J connectivity index is 2.52. The van der Waals surface area contributed by atoms with Crippen LogP contribution >= 0.6 is 0 Å². The van der Waals surface area contributed by atoms with Crippen LogP contribution in [0.4, 0.5) is 4.39 Å². The Hall–Kier alpha value is -2.16. The number of benzene rings is 2. The summed E-state index contributed by atoms with van der Waals surface area (Å²) < 4.78 is 39.2. The summed E-state index contributed by atoms with van der Waals surface area (Å²) in [5.41, 5.74) is 0.854. The molecular weight excluding hydrogens is 277 g/mol. The largest absolute Gasteiger partial charge is 0.241 e. The van der Waals surface area contributed by atoms with Gasteiger partial charge in [0.05, 0.1) is 4.90 Å². The molecule has 20 heavy (non-hydrogen) atoms. The van der Waals surface area contributed by atoms with E-state index in [1.54, 1.807) is 12.1 Å². The van der Waals surface area contributed by atoms with E-state index in [-0.39, 0.29) is 10.5 Å². The molecule has 0 atom stereocenters.